The van der Waals surface area contributed by atoms with Gasteiger partial charge in [-0.15, -0.1) is 0 Å². The van der Waals surface area contributed by atoms with E-state index >= 15 is 0 Å². The highest BCUT2D eigenvalue weighted by molar-refractivity contribution is 5.12. The van der Waals surface area contributed by atoms with Crippen molar-refractivity contribution in [3.8, 4) is 0 Å². The Hall–Kier alpha value is -1.05. The molecule has 1 aromatic rings. The molecule has 2 nitrogen and oxygen atoms in total. The normalized spacial score (nSPS) is 10.0. The number of aromatic amines is 1. The van der Waals surface area contributed by atoms with Crippen molar-refractivity contribution in [3.63, 3.8) is 0 Å². The summed E-state index contributed by atoms with van der Waals surface area (Å²) in [6, 6.07) is 3.84. The van der Waals surface area contributed by atoms with Crippen LogP contribution in [0.5, 0.6) is 0 Å². The Morgan fingerprint density at radius 2 is 2.18 bits per heavy atom. The predicted octanol–water partition coefficient (Wildman–Crippen LogP) is 1.64. The first-order valence-electron chi connectivity index (χ1n) is 3.93. The molecule has 0 fully saturated rings. The highest BCUT2D eigenvalue weighted by Crippen LogP contribution is 1.96. The fourth-order valence-electron chi connectivity index (χ4n) is 1.00. The quantitative estimate of drug-likeness (QED) is 0.684. The average molecular weight is 151 g/mol. The van der Waals surface area contributed by atoms with Gasteiger partial charge in [0.15, 0.2) is 0 Å². The van der Waals surface area contributed by atoms with Crippen molar-refractivity contribution < 1.29 is 0 Å². The van der Waals surface area contributed by atoms with Crippen molar-refractivity contribution in [2.75, 3.05) is 0 Å². The molecule has 0 amide bonds. The van der Waals surface area contributed by atoms with Crippen LogP contribution in [-0.2, 0) is 6.42 Å². The molecule has 60 valence electrons. The third-order valence-corrected chi connectivity index (χ3v) is 1.69. The van der Waals surface area contributed by atoms with Crippen molar-refractivity contribution in [1.82, 2.24) is 4.98 Å². The van der Waals surface area contributed by atoms with Crippen molar-refractivity contribution >= 4 is 0 Å². The van der Waals surface area contributed by atoms with E-state index < -0.39 is 0 Å². The molecule has 0 aliphatic rings. The number of nitrogens with one attached hydrogen (secondary N) is 1. The van der Waals surface area contributed by atoms with Crippen LogP contribution in [0.4, 0.5) is 0 Å². The minimum atomic E-state index is 0.0379. The highest BCUT2D eigenvalue weighted by atomic mass is 16.1. The Balaban J connectivity index is 2.96. The molecule has 0 aliphatic carbocycles. The maximum absolute atomic E-state index is 11.1. The molecule has 1 rings (SSSR count). The van der Waals surface area contributed by atoms with Crippen LogP contribution in [0, 0.1) is 6.92 Å². The Morgan fingerprint density at radius 3 is 2.73 bits per heavy atom. The zero-order valence-corrected chi connectivity index (χ0v) is 6.98. The molecule has 0 atom stereocenters. The van der Waals surface area contributed by atoms with Gasteiger partial charge in [0.1, 0.15) is 0 Å². The van der Waals surface area contributed by atoms with E-state index in [1.165, 1.54) is 0 Å². The summed E-state index contributed by atoms with van der Waals surface area (Å²) >= 11 is 0. The molecule has 0 aromatic carbocycles. The van der Waals surface area contributed by atoms with E-state index in [9.17, 15) is 4.79 Å². The molecule has 11 heavy (non-hydrogen) atoms. The average Bonchev–Trinajstić information content (AvgIpc) is 1.98. The van der Waals surface area contributed by atoms with E-state index in [4.69, 9.17) is 0 Å². The summed E-state index contributed by atoms with van der Waals surface area (Å²) in [5, 5.41) is 0. The van der Waals surface area contributed by atoms with Gasteiger partial charge in [-0.05, 0) is 19.4 Å². The number of aryl methyl sites for hydroxylation is 2. The first-order chi connectivity index (χ1) is 5.24. The van der Waals surface area contributed by atoms with Crippen LogP contribution in [0.25, 0.3) is 0 Å². The van der Waals surface area contributed by atoms with E-state index in [-0.39, 0.29) is 5.56 Å². The minimum Gasteiger partial charge on any atom is -0.326 e. The lowest BCUT2D eigenvalue weighted by atomic mass is 10.2. The maximum atomic E-state index is 11.1. The largest absolute Gasteiger partial charge is 0.326 e. The predicted molar refractivity (Wildman–Crippen MR) is 45.8 cm³/mol. The van der Waals surface area contributed by atoms with Gasteiger partial charge < -0.3 is 4.98 Å². The first-order valence-corrected chi connectivity index (χ1v) is 3.93. The van der Waals surface area contributed by atoms with E-state index in [1.54, 1.807) is 0 Å². The third-order valence-electron chi connectivity index (χ3n) is 1.69. The molecule has 0 spiro atoms. The number of pyridine rings is 1. The van der Waals surface area contributed by atoms with Crippen LogP contribution >= 0.6 is 0 Å². The molecule has 0 aliphatic heterocycles. The van der Waals surface area contributed by atoms with Gasteiger partial charge in [0, 0.05) is 11.3 Å². The van der Waals surface area contributed by atoms with Crippen LogP contribution in [-0.4, -0.2) is 4.98 Å². The molecule has 1 N–H and O–H groups in total. The fourth-order valence-corrected chi connectivity index (χ4v) is 1.00. The Labute approximate surface area is 66.3 Å². The summed E-state index contributed by atoms with van der Waals surface area (Å²) < 4.78 is 0. The summed E-state index contributed by atoms with van der Waals surface area (Å²) in [4.78, 5) is 13.9. The molecule has 1 aromatic heterocycles. The van der Waals surface area contributed by atoms with Crippen LogP contribution < -0.4 is 5.56 Å². The lowest BCUT2D eigenvalue weighted by Gasteiger charge is -1.97. The van der Waals surface area contributed by atoms with Gasteiger partial charge in [0.05, 0.1) is 0 Å². The lowest BCUT2D eigenvalue weighted by Crippen LogP contribution is -2.10. The summed E-state index contributed by atoms with van der Waals surface area (Å²) in [5.74, 6) is 0. The molecular formula is C9H13NO. The van der Waals surface area contributed by atoms with Crippen molar-refractivity contribution in [2.24, 2.45) is 0 Å². The number of rotatable bonds is 2. The van der Waals surface area contributed by atoms with E-state index in [2.05, 4.69) is 11.9 Å². The third kappa shape index (κ3) is 1.93. The molecule has 0 unspecified atom stereocenters. The van der Waals surface area contributed by atoms with Gasteiger partial charge >= 0.3 is 0 Å². The SMILES string of the molecule is CCCc1ccc(C)c(=O)[nH]1. The van der Waals surface area contributed by atoms with Gasteiger partial charge in [-0.1, -0.05) is 19.4 Å². The van der Waals surface area contributed by atoms with Crippen molar-refractivity contribution in [2.45, 2.75) is 26.7 Å². The summed E-state index contributed by atoms with van der Waals surface area (Å²) in [5.41, 5.74) is 1.85. The zero-order valence-electron chi connectivity index (χ0n) is 6.98. The van der Waals surface area contributed by atoms with Crippen LogP contribution in [0.3, 0.4) is 0 Å². The second-order valence-electron chi connectivity index (χ2n) is 2.75. The molecule has 0 radical (unpaired) electrons. The summed E-state index contributed by atoms with van der Waals surface area (Å²) in [6.07, 6.45) is 2.02. The van der Waals surface area contributed by atoms with E-state index in [1.807, 2.05) is 19.1 Å². The zero-order chi connectivity index (χ0) is 8.27. The monoisotopic (exact) mass is 151 g/mol. The van der Waals surface area contributed by atoms with Crippen molar-refractivity contribution in [1.29, 1.82) is 0 Å². The van der Waals surface area contributed by atoms with E-state index in [0.717, 1.165) is 24.1 Å². The van der Waals surface area contributed by atoms with Gasteiger partial charge in [-0.3, -0.25) is 4.79 Å². The van der Waals surface area contributed by atoms with Gasteiger partial charge in [-0.25, -0.2) is 0 Å². The summed E-state index contributed by atoms with van der Waals surface area (Å²) in [7, 11) is 0. The first kappa shape index (κ1) is 8.05. The van der Waals surface area contributed by atoms with E-state index in [0.29, 0.717) is 0 Å². The minimum absolute atomic E-state index is 0.0379. The molecular weight excluding hydrogens is 138 g/mol. The number of hydrogen-bond acceptors (Lipinski definition) is 1. The van der Waals surface area contributed by atoms with Crippen LogP contribution in [0.1, 0.15) is 24.6 Å². The number of H-pyrrole nitrogens is 1. The van der Waals surface area contributed by atoms with Crippen LogP contribution in [0.2, 0.25) is 0 Å². The summed E-state index contributed by atoms with van der Waals surface area (Å²) in [6.45, 7) is 3.91. The second-order valence-corrected chi connectivity index (χ2v) is 2.75. The Bertz CT molecular complexity index is 288. The Kier molecular flexibility index (Phi) is 2.47. The highest BCUT2D eigenvalue weighted by Gasteiger charge is 1.93. The molecule has 0 saturated carbocycles. The maximum Gasteiger partial charge on any atom is 0.251 e. The molecule has 1 heterocycles. The number of aromatic nitrogens is 1. The molecule has 0 bridgehead atoms. The smallest absolute Gasteiger partial charge is 0.251 e. The molecule has 0 saturated heterocycles. The van der Waals surface area contributed by atoms with Crippen LogP contribution in [0.15, 0.2) is 16.9 Å². The van der Waals surface area contributed by atoms with Gasteiger partial charge in [0.25, 0.3) is 5.56 Å². The molecule has 2 heteroatoms. The lowest BCUT2D eigenvalue weighted by molar-refractivity contribution is 0.871. The fraction of sp³-hybridized carbons (Fsp3) is 0.444. The van der Waals surface area contributed by atoms with Gasteiger partial charge in [-0.2, -0.15) is 0 Å². The topological polar surface area (TPSA) is 32.9 Å². The van der Waals surface area contributed by atoms with Gasteiger partial charge in [0.2, 0.25) is 0 Å². The number of hydrogen-bond donors (Lipinski definition) is 1. The standard InChI is InChI=1S/C9H13NO/c1-3-4-8-6-5-7(2)9(11)10-8/h5-6H,3-4H2,1-2H3,(H,10,11). The van der Waals surface area contributed by atoms with Crippen molar-refractivity contribution in [3.05, 3.63) is 33.7 Å². The Morgan fingerprint density at radius 1 is 1.45 bits per heavy atom. The second kappa shape index (κ2) is 3.37.